The number of rotatable bonds is 4. The van der Waals surface area contributed by atoms with Gasteiger partial charge in [0.2, 0.25) is 5.91 Å². The Kier molecular flexibility index (Phi) is 4.28. The lowest BCUT2D eigenvalue weighted by atomic mass is 10.0. The summed E-state index contributed by atoms with van der Waals surface area (Å²) in [6, 6.07) is 7.26. The van der Waals surface area contributed by atoms with E-state index in [0.717, 1.165) is 11.3 Å². The van der Waals surface area contributed by atoms with Gasteiger partial charge in [0.15, 0.2) is 0 Å². The van der Waals surface area contributed by atoms with E-state index in [1.54, 1.807) is 25.3 Å². The van der Waals surface area contributed by atoms with Crippen LogP contribution in [0.25, 0.3) is 6.08 Å². The zero-order valence-electron chi connectivity index (χ0n) is 11.8. The highest BCUT2D eigenvalue weighted by molar-refractivity contribution is 5.93. The van der Waals surface area contributed by atoms with Gasteiger partial charge in [0.1, 0.15) is 11.3 Å². The van der Waals surface area contributed by atoms with Gasteiger partial charge in [0.25, 0.3) is 0 Å². The first-order chi connectivity index (χ1) is 9.94. The van der Waals surface area contributed by atoms with Gasteiger partial charge in [-0.25, -0.2) is 0 Å². The Labute approximate surface area is 122 Å². The second-order valence-corrected chi connectivity index (χ2v) is 5.08. The van der Waals surface area contributed by atoms with Crippen LogP contribution in [0.4, 0.5) is 0 Å². The molecule has 0 spiro atoms. The average molecular weight is 290 g/mol. The Morgan fingerprint density at radius 2 is 2.05 bits per heavy atom. The highest BCUT2D eigenvalue weighted by Crippen LogP contribution is 2.19. The Morgan fingerprint density at radius 1 is 1.38 bits per heavy atom. The molecule has 0 saturated carbocycles. The van der Waals surface area contributed by atoms with Gasteiger partial charge in [-0.2, -0.15) is 0 Å². The third kappa shape index (κ3) is 3.41. The molecular formula is C15H18N2O4. The van der Waals surface area contributed by atoms with Crippen LogP contribution >= 0.6 is 0 Å². The molecule has 1 aromatic carbocycles. The van der Waals surface area contributed by atoms with Crippen molar-refractivity contribution in [1.82, 2.24) is 4.90 Å². The zero-order valence-corrected chi connectivity index (χ0v) is 11.8. The van der Waals surface area contributed by atoms with Crippen LogP contribution in [0.15, 0.2) is 30.3 Å². The van der Waals surface area contributed by atoms with E-state index in [1.165, 1.54) is 11.0 Å². The van der Waals surface area contributed by atoms with Crippen molar-refractivity contribution in [2.75, 3.05) is 20.2 Å². The Hall–Kier alpha value is -2.34. The SMILES string of the molecule is COc1ccc(/C=C/C(=O)N2CCC(N)(C(=O)O)C2)cc1. The molecule has 1 heterocycles. The van der Waals surface area contributed by atoms with Crippen molar-refractivity contribution < 1.29 is 19.4 Å². The molecule has 2 rings (SSSR count). The van der Waals surface area contributed by atoms with Gasteiger partial charge in [-0.1, -0.05) is 12.1 Å². The fourth-order valence-corrected chi connectivity index (χ4v) is 2.18. The van der Waals surface area contributed by atoms with Gasteiger partial charge >= 0.3 is 5.97 Å². The lowest BCUT2D eigenvalue weighted by molar-refractivity contribution is -0.142. The number of ether oxygens (including phenoxy) is 1. The van der Waals surface area contributed by atoms with Crippen LogP contribution in [-0.4, -0.2) is 47.6 Å². The van der Waals surface area contributed by atoms with Gasteiger partial charge < -0.3 is 20.5 Å². The van der Waals surface area contributed by atoms with Gasteiger partial charge in [-0.05, 0) is 30.2 Å². The number of methoxy groups -OCH3 is 1. The summed E-state index contributed by atoms with van der Waals surface area (Å²) >= 11 is 0. The number of carboxylic acid groups (broad SMARTS) is 1. The normalized spacial score (nSPS) is 21.7. The third-order valence-electron chi connectivity index (χ3n) is 3.57. The molecule has 6 nitrogen and oxygen atoms in total. The van der Waals surface area contributed by atoms with E-state index in [-0.39, 0.29) is 18.9 Å². The van der Waals surface area contributed by atoms with Crippen molar-refractivity contribution in [3.8, 4) is 5.75 Å². The molecule has 6 heteroatoms. The van der Waals surface area contributed by atoms with Crippen molar-refractivity contribution >= 4 is 18.0 Å². The molecule has 3 N–H and O–H groups in total. The van der Waals surface area contributed by atoms with Crippen LogP contribution in [0.3, 0.4) is 0 Å². The molecule has 1 aliphatic rings. The molecule has 1 unspecified atom stereocenters. The Balaban J connectivity index is 1.98. The first-order valence-corrected chi connectivity index (χ1v) is 6.58. The van der Waals surface area contributed by atoms with E-state index in [4.69, 9.17) is 15.6 Å². The van der Waals surface area contributed by atoms with Crippen molar-refractivity contribution in [1.29, 1.82) is 0 Å². The van der Waals surface area contributed by atoms with Crippen molar-refractivity contribution in [3.63, 3.8) is 0 Å². The minimum absolute atomic E-state index is 0.0358. The Bertz CT molecular complexity index is 568. The number of nitrogens with two attached hydrogens (primary N) is 1. The lowest BCUT2D eigenvalue weighted by Gasteiger charge is -2.18. The molecule has 1 fully saturated rings. The number of carboxylic acids is 1. The predicted molar refractivity (Wildman–Crippen MR) is 77.8 cm³/mol. The van der Waals surface area contributed by atoms with Crippen LogP contribution in [0.5, 0.6) is 5.75 Å². The summed E-state index contributed by atoms with van der Waals surface area (Å²) in [6.45, 7) is 0.392. The minimum Gasteiger partial charge on any atom is -0.497 e. The molecule has 21 heavy (non-hydrogen) atoms. The highest BCUT2D eigenvalue weighted by Gasteiger charge is 2.42. The smallest absolute Gasteiger partial charge is 0.325 e. The maximum absolute atomic E-state index is 12.0. The molecule has 0 radical (unpaired) electrons. The zero-order chi connectivity index (χ0) is 15.5. The molecular weight excluding hydrogens is 272 g/mol. The number of aliphatic carboxylic acids is 1. The topological polar surface area (TPSA) is 92.9 Å². The van der Waals surface area contributed by atoms with Crippen LogP contribution in [0.1, 0.15) is 12.0 Å². The number of hydrogen-bond donors (Lipinski definition) is 2. The maximum atomic E-state index is 12.0. The summed E-state index contributed by atoms with van der Waals surface area (Å²) in [5.41, 5.74) is 5.27. The number of carbonyl (C=O) groups is 2. The highest BCUT2D eigenvalue weighted by atomic mass is 16.5. The molecule has 1 aliphatic heterocycles. The molecule has 1 saturated heterocycles. The maximum Gasteiger partial charge on any atom is 0.325 e. The average Bonchev–Trinajstić information content (AvgIpc) is 2.89. The second-order valence-electron chi connectivity index (χ2n) is 5.08. The number of benzene rings is 1. The Morgan fingerprint density at radius 3 is 2.57 bits per heavy atom. The second kappa shape index (κ2) is 5.97. The summed E-state index contributed by atoms with van der Waals surface area (Å²) < 4.78 is 5.05. The van der Waals surface area contributed by atoms with E-state index in [9.17, 15) is 9.59 Å². The molecule has 112 valence electrons. The first kappa shape index (κ1) is 15.1. The summed E-state index contributed by atoms with van der Waals surface area (Å²) in [7, 11) is 1.59. The molecule has 0 bridgehead atoms. The number of nitrogens with zero attached hydrogens (tertiary/aromatic N) is 1. The number of likely N-dealkylation sites (tertiary alicyclic amines) is 1. The standard InChI is InChI=1S/C15H18N2O4/c1-21-12-5-2-11(3-6-12)4-7-13(18)17-9-8-15(16,10-17)14(19)20/h2-7H,8-10,16H2,1H3,(H,19,20)/b7-4+. The quantitative estimate of drug-likeness (QED) is 0.797. The van der Waals surface area contributed by atoms with Gasteiger partial charge in [-0.15, -0.1) is 0 Å². The van der Waals surface area contributed by atoms with E-state index in [2.05, 4.69) is 0 Å². The van der Waals surface area contributed by atoms with Crippen molar-refractivity contribution in [2.24, 2.45) is 5.73 Å². The molecule has 1 aromatic rings. The predicted octanol–water partition coefficient (Wildman–Crippen LogP) is 0.723. The van der Waals surface area contributed by atoms with Crippen molar-refractivity contribution in [2.45, 2.75) is 12.0 Å². The first-order valence-electron chi connectivity index (χ1n) is 6.58. The van der Waals surface area contributed by atoms with Gasteiger partial charge in [-0.3, -0.25) is 9.59 Å². The van der Waals surface area contributed by atoms with Gasteiger partial charge in [0, 0.05) is 19.2 Å². The number of amides is 1. The number of carbonyl (C=O) groups excluding carboxylic acids is 1. The lowest BCUT2D eigenvalue weighted by Crippen LogP contribution is -2.50. The summed E-state index contributed by atoms with van der Waals surface area (Å²) in [5, 5.41) is 9.04. The third-order valence-corrected chi connectivity index (χ3v) is 3.57. The van der Waals surface area contributed by atoms with Crippen molar-refractivity contribution in [3.05, 3.63) is 35.9 Å². The van der Waals surface area contributed by atoms with E-state index < -0.39 is 11.5 Å². The largest absolute Gasteiger partial charge is 0.497 e. The summed E-state index contributed by atoms with van der Waals surface area (Å²) in [6.07, 6.45) is 3.37. The summed E-state index contributed by atoms with van der Waals surface area (Å²) in [4.78, 5) is 24.5. The van der Waals surface area contributed by atoms with E-state index in [0.29, 0.717) is 6.54 Å². The minimum atomic E-state index is -1.33. The summed E-state index contributed by atoms with van der Waals surface area (Å²) in [5.74, 6) is -0.566. The molecule has 0 aliphatic carbocycles. The van der Waals surface area contributed by atoms with Gasteiger partial charge in [0.05, 0.1) is 7.11 Å². The molecule has 1 atom stereocenters. The van der Waals surface area contributed by atoms with E-state index in [1.807, 2.05) is 12.1 Å². The number of hydrogen-bond acceptors (Lipinski definition) is 4. The monoisotopic (exact) mass is 290 g/mol. The molecule has 1 amide bonds. The van der Waals surface area contributed by atoms with Crippen LogP contribution in [0, 0.1) is 0 Å². The fourth-order valence-electron chi connectivity index (χ4n) is 2.18. The fraction of sp³-hybridized carbons (Fsp3) is 0.333. The van der Waals surface area contributed by atoms with E-state index >= 15 is 0 Å². The molecule has 0 aromatic heterocycles. The van der Waals surface area contributed by atoms with Crippen LogP contribution < -0.4 is 10.5 Å². The van der Waals surface area contributed by atoms with Crippen LogP contribution in [-0.2, 0) is 9.59 Å². The van der Waals surface area contributed by atoms with Crippen LogP contribution in [0.2, 0.25) is 0 Å².